The molecule has 1 aliphatic heterocycles. The first-order chi connectivity index (χ1) is 9.49. The van der Waals surface area contributed by atoms with Crippen LogP contribution in [0.15, 0.2) is 30.3 Å². The van der Waals surface area contributed by atoms with Gasteiger partial charge in [0.05, 0.1) is 0 Å². The van der Waals surface area contributed by atoms with Crippen molar-refractivity contribution >= 4 is 18.0 Å². The average Bonchev–Trinajstić information content (AvgIpc) is 2.84. The summed E-state index contributed by atoms with van der Waals surface area (Å²) in [6.07, 6.45) is -1.23. The van der Waals surface area contributed by atoms with Gasteiger partial charge in [0.25, 0.3) is 5.91 Å². The van der Waals surface area contributed by atoms with Crippen molar-refractivity contribution < 1.29 is 24.6 Å². The predicted octanol–water partition coefficient (Wildman–Crippen LogP) is 0.622. The molecular weight excluding hydrogens is 264 g/mol. The van der Waals surface area contributed by atoms with Gasteiger partial charge in [-0.25, -0.2) is 9.59 Å². The molecule has 1 aromatic rings. The van der Waals surface area contributed by atoms with Crippen LogP contribution >= 0.6 is 0 Å². The van der Waals surface area contributed by atoms with Gasteiger partial charge in [-0.3, -0.25) is 9.69 Å². The fraction of sp³-hybridized carbons (Fsp3) is 0.308. The van der Waals surface area contributed by atoms with E-state index in [4.69, 9.17) is 10.2 Å². The van der Waals surface area contributed by atoms with E-state index < -0.39 is 24.1 Å². The van der Waals surface area contributed by atoms with Crippen LogP contribution in [-0.4, -0.2) is 51.7 Å². The summed E-state index contributed by atoms with van der Waals surface area (Å²) in [6, 6.07) is 6.86. The number of benzene rings is 1. The Kier molecular flexibility index (Phi) is 3.88. The summed E-state index contributed by atoms with van der Waals surface area (Å²) in [5.74, 6) is -1.55. The highest BCUT2D eigenvalue weighted by atomic mass is 16.4. The Bertz CT molecular complexity index is 509. The van der Waals surface area contributed by atoms with Crippen LogP contribution in [0.4, 0.5) is 4.79 Å². The molecule has 1 aromatic carbocycles. The van der Waals surface area contributed by atoms with Gasteiger partial charge in [-0.1, -0.05) is 18.2 Å². The van der Waals surface area contributed by atoms with E-state index in [9.17, 15) is 14.4 Å². The second kappa shape index (κ2) is 5.60. The molecule has 0 radical (unpaired) electrons. The molecule has 2 rings (SSSR count). The summed E-state index contributed by atoms with van der Waals surface area (Å²) < 4.78 is 0. The first-order valence-electron chi connectivity index (χ1n) is 6.07. The van der Waals surface area contributed by atoms with Crippen LogP contribution in [0.3, 0.4) is 0 Å². The molecule has 0 bridgehead atoms. The van der Waals surface area contributed by atoms with Gasteiger partial charge in [0.15, 0.2) is 0 Å². The van der Waals surface area contributed by atoms with Crippen molar-refractivity contribution in [2.45, 2.75) is 18.5 Å². The maximum atomic E-state index is 11.9. The maximum Gasteiger partial charge on any atom is 0.408 e. The van der Waals surface area contributed by atoms with Crippen molar-refractivity contribution in [3.8, 4) is 0 Å². The van der Waals surface area contributed by atoms with Crippen LogP contribution in [0.1, 0.15) is 16.8 Å². The molecule has 1 aliphatic rings. The fourth-order valence-electron chi connectivity index (χ4n) is 2.24. The lowest BCUT2D eigenvalue weighted by Crippen LogP contribution is -2.40. The number of carboxylic acid groups (broad SMARTS) is 2. The largest absolute Gasteiger partial charge is 0.480 e. The second-order valence-electron chi connectivity index (χ2n) is 4.56. The molecule has 1 fully saturated rings. The molecular formula is C13H14N2O5. The quantitative estimate of drug-likeness (QED) is 0.751. The summed E-state index contributed by atoms with van der Waals surface area (Å²) >= 11 is 0. The van der Waals surface area contributed by atoms with E-state index in [1.165, 1.54) is 0 Å². The zero-order valence-corrected chi connectivity index (χ0v) is 10.5. The molecule has 2 atom stereocenters. The Morgan fingerprint density at radius 1 is 1.15 bits per heavy atom. The van der Waals surface area contributed by atoms with E-state index in [1.807, 2.05) is 0 Å². The molecule has 106 valence electrons. The number of aliphatic carboxylic acids is 1. The minimum absolute atomic E-state index is 0.0229. The number of amides is 2. The Hall–Kier alpha value is -2.57. The SMILES string of the molecule is O=C(N[C@H]1C[C@H](C(=O)O)N(C(=O)O)C1)c1ccccc1. The topological polar surface area (TPSA) is 107 Å². The van der Waals surface area contributed by atoms with Gasteiger partial charge in [0.2, 0.25) is 0 Å². The lowest BCUT2D eigenvalue weighted by Gasteiger charge is -2.16. The Balaban J connectivity index is 2.03. The average molecular weight is 278 g/mol. The number of nitrogens with one attached hydrogen (secondary N) is 1. The molecule has 1 heterocycles. The standard InChI is InChI=1S/C13H14N2O5/c16-11(8-4-2-1-3-5-8)14-9-6-10(12(17)18)15(7-9)13(19)20/h1-5,9-10H,6-7H2,(H,14,16)(H,17,18)(H,19,20)/t9-,10+/m0/s1. The van der Waals surface area contributed by atoms with Gasteiger partial charge in [-0.2, -0.15) is 0 Å². The van der Waals surface area contributed by atoms with Crippen LogP contribution < -0.4 is 5.32 Å². The van der Waals surface area contributed by atoms with Crippen molar-refractivity contribution in [2.75, 3.05) is 6.54 Å². The van der Waals surface area contributed by atoms with Crippen molar-refractivity contribution in [1.82, 2.24) is 10.2 Å². The number of carboxylic acids is 1. The van der Waals surface area contributed by atoms with E-state index in [1.54, 1.807) is 30.3 Å². The molecule has 0 unspecified atom stereocenters. The van der Waals surface area contributed by atoms with E-state index in [0.717, 1.165) is 4.90 Å². The molecule has 3 N–H and O–H groups in total. The maximum absolute atomic E-state index is 11.9. The Morgan fingerprint density at radius 3 is 2.30 bits per heavy atom. The van der Waals surface area contributed by atoms with Gasteiger partial charge < -0.3 is 15.5 Å². The number of hydrogen-bond donors (Lipinski definition) is 3. The molecule has 7 heteroatoms. The minimum Gasteiger partial charge on any atom is -0.480 e. The third-order valence-electron chi connectivity index (χ3n) is 3.20. The van der Waals surface area contributed by atoms with Gasteiger partial charge in [-0.15, -0.1) is 0 Å². The molecule has 20 heavy (non-hydrogen) atoms. The van der Waals surface area contributed by atoms with Crippen molar-refractivity contribution in [1.29, 1.82) is 0 Å². The summed E-state index contributed by atoms with van der Waals surface area (Å²) in [6.45, 7) is -0.0229. The van der Waals surface area contributed by atoms with Crippen LogP contribution in [0.25, 0.3) is 0 Å². The monoisotopic (exact) mass is 278 g/mol. The van der Waals surface area contributed by atoms with Crippen LogP contribution in [0.2, 0.25) is 0 Å². The van der Waals surface area contributed by atoms with Gasteiger partial charge >= 0.3 is 12.1 Å². The summed E-state index contributed by atoms with van der Waals surface area (Å²) in [5, 5.41) is 20.6. The van der Waals surface area contributed by atoms with Crippen LogP contribution in [-0.2, 0) is 4.79 Å². The third kappa shape index (κ3) is 2.87. The van der Waals surface area contributed by atoms with Crippen molar-refractivity contribution in [3.05, 3.63) is 35.9 Å². The Morgan fingerprint density at radius 2 is 1.80 bits per heavy atom. The highest BCUT2D eigenvalue weighted by Gasteiger charge is 2.40. The normalized spacial score (nSPS) is 21.5. The molecule has 0 spiro atoms. The van der Waals surface area contributed by atoms with E-state index in [2.05, 4.69) is 5.32 Å². The lowest BCUT2D eigenvalue weighted by atomic mass is 10.1. The molecule has 0 saturated carbocycles. The summed E-state index contributed by atoms with van der Waals surface area (Å²) in [7, 11) is 0. The van der Waals surface area contributed by atoms with Crippen molar-refractivity contribution in [3.63, 3.8) is 0 Å². The number of nitrogens with zero attached hydrogens (tertiary/aromatic N) is 1. The van der Waals surface area contributed by atoms with Crippen LogP contribution in [0.5, 0.6) is 0 Å². The Labute approximate surface area is 114 Å². The summed E-state index contributed by atoms with van der Waals surface area (Å²) in [5.41, 5.74) is 0.452. The minimum atomic E-state index is -1.30. The van der Waals surface area contributed by atoms with E-state index >= 15 is 0 Å². The lowest BCUT2D eigenvalue weighted by molar-refractivity contribution is -0.141. The van der Waals surface area contributed by atoms with Crippen LogP contribution in [0, 0.1) is 0 Å². The highest BCUT2D eigenvalue weighted by molar-refractivity contribution is 5.94. The molecule has 7 nitrogen and oxygen atoms in total. The molecule has 1 saturated heterocycles. The predicted molar refractivity (Wildman–Crippen MR) is 68.5 cm³/mol. The number of hydrogen-bond acceptors (Lipinski definition) is 3. The third-order valence-corrected chi connectivity index (χ3v) is 3.20. The zero-order chi connectivity index (χ0) is 14.7. The highest BCUT2D eigenvalue weighted by Crippen LogP contribution is 2.18. The van der Waals surface area contributed by atoms with E-state index in [-0.39, 0.29) is 18.9 Å². The first-order valence-corrected chi connectivity index (χ1v) is 6.07. The smallest absolute Gasteiger partial charge is 0.408 e. The molecule has 0 aromatic heterocycles. The number of rotatable bonds is 3. The van der Waals surface area contributed by atoms with E-state index in [0.29, 0.717) is 5.56 Å². The molecule has 0 aliphatic carbocycles. The van der Waals surface area contributed by atoms with Gasteiger partial charge in [0, 0.05) is 24.6 Å². The number of likely N-dealkylation sites (tertiary alicyclic amines) is 1. The molecule has 2 amide bonds. The zero-order valence-electron chi connectivity index (χ0n) is 10.5. The number of carbonyl (C=O) groups is 3. The van der Waals surface area contributed by atoms with Gasteiger partial charge in [-0.05, 0) is 12.1 Å². The first kappa shape index (κ1) is 13.9. The fourth-order valence-corrected chi connectivity index (χ4v) is 2.24. The summed E-state index contributed by atoms with van der Waals surface area (Å²) in [4.78, 5) is 34.7. The van der Waals surface area contributed by atoms with Crippen molar-refractivity contribution in [2.24, 2.45) is 0 Å². The van der Waals surface area contributed by atoms with Gasteiger partial charge in [0.1, 0.15) is 6.04 Å². The number of carbonyl (C=O) groups excluding carboxylic acids is 1. The second-order valence-corrected chi connectivity index (χ2v) is 4.56.